The standard InChI is InChI=1S/C21H20N6O2/c1-13-23-21(29-26-13)16-6-4-9-22-19(16)27-10-8-15(12-27)24-20(28)18-11-14-5-2-3-7-17(14)25-18/h2-7,9,11,15,25H,8,10,12H2,1H3,(H,24,28)/t15-/m0/s1. The second-order valence-corrected chi connectivity index (χ2v) is 7.20. The molecule has 0 saturated carbocycles. The normalized spacial score (nSPS) is 16.4. The first-order valence-corrected chi connectivity index (χ1v) is 9.56. The van der Waals surface area contributed by atoms with Gasteiger partial charge in [-0.1, -0.05) is 23.4 Å². The van der Waals surface area contributed by atoms with Gasteiger partial charge in [0, 0.05) is 36.2 Å². The average Bonchev–Trinajstić information content (AvgIpc) is 3.47. The van der Waals surface area contributed by atoms with Crippen LogP contribution in [0.1, 0.15) is 22.7 Å². The number of nitrogens with zero attached hydrogens (tertiary/aromatic N) is 4. The van der Waals surface area contributed by atoms with Crippen molar-refractivity contribution >= 4 is 22.6 Å². The number of para-hydroxylation sites is 1. The van der Waals surface area contributed by atoms with Gasteiger partial charge in [-0.25, -0.2) is 4.98 Å². The smallest absolute Gasteiger partial charge is 0.268 e. The van der Waals surface area contributed by atoms with E-state index in [1.165, 1.54) is 0 Å². The van der Waals surface area contributed by atoms with Crippen LogP contribution in [0.4, 0.5) is 5.82 Å². The molecule has 29 heavy (non-hydrogen) atoms. The molecule has 0 bridgehead atoms. The molecule has 1 amide bonds. The van der Waals surface area contributed by atoms with Gasteiger partial charge in [0.05, 0.1) is 5.56 Å². The molecular formula is C21H20N6O2. The van der Waals surface area contributed by atoms with E-state index < -0.39 is 0 Å². The third kappa shape index (κ3) is 3.33. The highest BCUT2D eigenvalue weighted by molar-refractivity contribution is 5.98. The number of carbonyl (C=O) groups excluding carboxylic acids is 1. The highest BCUT2D eigenvalue weighted by Crippen LogP contribution is 2.29. The van der Waals surface area contributed by atoms with E-state index in [4.69, 9.17) is 4.52 Å². The summed E-state index contributed by atoms with van der Waals surface area (Å²) in [5.74, 6) is 1.73. The van der Waals surface area contributed by atoms with Crippen molar-refractivity contribution in [1.29, 1.82) is 0 Å². The number of aromatic amines is 1. The number of carbonyl (C=O) groups is 1. The number of fused-ring (bicyclic) bond motifs is 1. The van der Waals surface area contributed by atoms with Crippen LogP contribution in [-0.2, 0) is 0 Å². The Kier molecular flexibility index (Phi) is 4.23. The summed E-state index contributed by atoms with van der Waals surface area (Å²) in [6.07, 6.45) is 2.59. The zero-order chi connectivity index (χ0) is 19.8. The summed E-state index contributed by atoms with van der Waals surface area (Å²) in [6.45, 7) is 3.24. The van der Waals surface area contributed by atoms with Crippen LogP contribution in [0.25, 0.3) is 22.4 Å². The number of aryl methyl sites for hydroxylation is 1. The molecule has 1 fully saturated rings. The number of rotatable bonds is 4. The molecule has 3 aromatic heterocycles. The van der Waals surface area contributed by atoms with Crippen LogP contribution in [0.5, 0.6) is 0 Å². The first-order valence-electron chi connectivity index (χ1n) is 9.56. The number of nitrogens with one attached hydrogen (secondary N) is 2. The number of anilines is 1. The van der Waals surface area contributed by atoms with Gasteiger partial charge in [0.25, 0.3) is 11.8 Å². The van der Waals surface area contributed by atoms with Crippen molar-refractivity contribution in [1.82, 2.24) is 25.4 Å². The van der Waals surface area contributed by atoms with Crippen LogP contribution in [0, 0.1) is 6.92 Å². The molecule has 146 valence electrons. The maximum absolute atomic E-state index is 12.7. The minimum atomic E-state index is -0.0955. The summed E-state index contributed by atoms with van der Waals surface area (Å²) in [5.41, 5.74) is 2.33. The van der Waals surface area contributed by atoms with Crippen LogP contribution in [0.15, 0.2) is 53.2 Å². The van der Waals surface area contributed by atoms with Crippen molar-refractivity contribution < 1.29 is 9.32 Å². The molecule has 4 aromatic rings. The molecule has 1 aromatic carbocycles. The molecule has 1 saturated heterocycles. The van der Waals surface area contributed by atoms with Gasteiger partial charge in [-0.15, -0.1) is 0 Å². The number of aromatic nitrogens is 4. The fourth-order valence-corrected chi connectivity index (χ4v) is 3.75. The van der Waals surface area contributed by atoms with Gasteiger partial charge in [-0.2, -0.15) is 4.98 Å². The molecule has 5 rings (SSSR count). The van der Waals surface area contributed by atoms with E-state index in [0.717, 1.165) is 35.2 Å². The summed E-state index contributed by atoms with van der Waals surface area (Å²) in [4.78, 5) is 26.9. The lowest BCUT2D eigenvalue weighted by Gasteiger charge is -2.19. The Morgan fingerprint density at radius 1 is 1.28 bits per heavy atom. The van der Waals surface area contributed by atoms with Crippen LogP contribution in [0.2, 0.25) is 0 Å². The Balaban J connectivity index is 1.31. The van der Waals surface area contributed by atoms with Crippen LogP contribution < -0.4 is 10.2 Å². The number of benzene rings is 1. The Hall–Kier alpha value is -3.68. The van der Waals surface area contributed by atoms with Gasteiger partial charge in [0.15, 0.2) is 5.82 Å². The van der Waals surface area contributed by atoms with Gasteiger partial charge in [-0.05, 0) is 37.6 Å². The Morgan fingerprint density at radius 2 is 2.17 bits per heavy atom. The highest BCUT2D eigenvalue weighted by Gasteiger charge is 2.28. The fraction of sp³-hybridized carbons (Fsp3) is 0.238. The van der Waals surface area contributed by atoms with E-state index in [-0.39, 0.29) is 11.9 Å². The van der Waals surface area contributed by atoms with Gasteiger partial charge in [-0.3, -0.25) is 4.79 Å². The third-order valence-corrected chi connectivity index (χ3v) is 5.14. The van der Waals surface area contributed by atoms with E-state index in [9.17, 15) is 4.79 Å². The largest absolute Gasteiger partial charge is 0.354 e. The number of pyridine rings is 1. The van der Waals surface area contributed by atoms with Crippen molar-refractivity contribution in [2.45, 2.75) is 19.4 Å². The molecule has 4 heterocycles. The number of hydrogen-bond donors (Lipinski definition) is 2. The lowest BCUT2D eigenvalue weighted by atomic mass is 10.2. The van der Waals surface area contributed by atoms with Crippen molar-refractivity contribution in [2.24, 2.45) is 0 Å². The van der Waals surface area contributed by atoms with Crippen molar-refractivity contribution in [3.05, 3.63) is 60.2 Å². The molecule has 1 aliphatic heterocycles. The molecule has 8 heteroatoms. The van der Waals surface area contributed by atoms with E-state index in [1.807, 2.05) is 42.5 Å². The van der Waals surface area contributed by atoms with Gasteiger partial charge >= 0.3 is 0 Å². The topological polar surface area (TPSA) is 99.9 Å². The third-order valence-electron chi connectivity index (χ3n) is 5.14. The summed E-state index contributed by atoms with van der Waals surface area (Å²) in [5, 5.41) is 8.03. The van der Waals surface area contributed by atoms with E-state index in [2.05, 4.69) is 30.3 Å². The van der Waals surface area contributed by atoms with Gasteiger partial charge in [0.1, 0.15) is 11.5 Å². The average molecular weight is 388 g/mol. The maximum atomic E-state index is 12.7. The quantitative estimate of drug-likeness (QED) is 0.558. The second kappa shape index (κ2) is 7.05. The van der Waals surface area contributed by atoms with E-state index in [0.29, 0.717) is 24.0 Å². The predicted molar refractivity (Wildman–Crippen MR) is 109 cm³/mol. The second-order valence-electron chi connectivity index (χ2n) is 7.20. The lowest BCUT2D eigenvalue weighted by Crippen LogP contribution is -2.37. The summed E-state index contributed by atoms with van der Waals surface area (Å²) in [7, 11) is 0. The Morgan fingerprint density at radius 3 is 3.00 bits per heavy atom. The molecular weight excluding hydrogens is 368 g/mol. The Labute approximate surface area is 166 Å². The highest BCUT2D eigenvalue weighted by atomic mass is 16.5. The van der Waals surface area contributed by atoms with Crippen molar-refractivity contribution in [3.63, 3.8) is 0 Å². The first kappa shape index (κ1) is 17.4. The lowest BCUT2D eigenvalue weighted by molar-refractivity contribution is 0.0936. The van der Waals surface area contributed by atoms with E-state index in [1.54, 1.807) is 13.1 Å². The molecule has 0 aliphatic carbocycles. The van der Waals surface area contributed by atoms with Crippen LogP contribution >= 0.6 is 0 Å². The Bertz CT molecular complexity index is 1150. The molecule has 8 nitrogen and oxygen atoms in total. The minimum absolute atomic E-state index is 0.0354. The molecule has 0 spiro atoms. The number of amides is 1. The molecule has 1 atom stereocenters. The fourth-order valence-electron chi connectivity index (χ4n) is 3.75. The van der Waals surface area contributed by atoms with Gasteiger partial charge < -0.3 is 19.7 Å². The minimum Gasteiger partial charge on any atom is -0.354 e. The predicted octanol–water partition coefficient (Wildman–Crippen LogP) is 2.93. The number of H-pyrrole nitrogens is 1. The molecule has 0 unspecified atom stereocenters. The molecule has 2 N–H and O–H groups in total. The summed E-state index contributed by atoms with van der Waals surface area (Å²) < 4.78 is 5.33. The zero-order valence-corrected chi connectivity index (χ0v) is 15.9. The maximum Gasteiger partial charge on any atom is 0.268 e. The van der Waals surface area contributed by atoms with Gasteiger partial charge in [0.2, 0.25) is 0 Å². The molecule has 1 aliphatic rings. The van der Waals surface area contributed by atoms with E-state index >= 15 is 0 Å². The monoisotopic (exact) mass is 388 g/mol. The summed E-state index contributed by atoms with van der Waals surface area (Å²) >= 11 is 0. The molecule has 0 radical (unpaired) electrons. The SMILES string of the molecule is Cc1noc(-c2cccnc2N2CC[C@H](NC(=O)c3cc4ccccc4[nH]3)C2)n1. The van der Waals surface area contributed by atoms with Crippen LogP contribution in [-0.4, -0.2) is 45.1 Å². The first-order chi connectivity index (χ1) is 14.2. The summed E-state index contributed by atoms with van der Waals surface area (Å²) in [6, 6.07) is 13.6. The van der Waals surface area contributed by atoms with Crippen molar-refractivity contribution in [2.75, 3.05) is 18.0 Å². The van der Waals surface area contributed by atoms with Crippen molar-refractivity contribution in [3.8, 4) is 11.5 Å². The van der Waals surface area contributed by atoms with Crippen LogP contribution in [0.3, 0.4) is 0 Å². The zero-order valence-electron chi connectivity index (χ0n) is 15.9. The number of hydrogen-bond acceptors (Lipinski definition) is 6.